The van der Waals surface area contributed by atoms with E-state index >= 15 is 0 Å². The zero-order valence-corrected chi connectivity index (χ0v) is 14.8. The lowest BCUT2D eigenvalue weighted by Crippen LogP contribution is -2.32. The first kappa shape index (κ1) is 17.0. The number of nitrogens with zero attached hydrogens (tertiary/aromatic N) is 2. The molecule has 0 radical (unpaired) electrons. The molecule has 0 unspecified atom stereocenters. The van der Waals surface area contributed by atoms with Crippen LogP contribution in [-0.2, 0) is 22.6 Å². The quantitative estimate of drug-likeness (QED) is 0.814. The molecule has 0 bridgehead atoms. The molecule has 2 fully saturated rings. The molecule has 0 N–H and O–H groups in total. The maximum absolute atomic E-state index is 13.5. The first-order valence-electron chi connectivity index (χ1n) is 8.38. The van der Waals surface area contributed by atoms with Crippen LogP contribution in [-0.4, -0.2) is 41.8 Å². The van der Waals surface area contributed by atoms with E-state index in [-0.39, 0.29) is 12.1 Å². The number of rotatable bonds is 5. The van der Waals surface area contributed by atoms with Gasteiger partial charge in [0.15, 0.2) is 11.6 Å². The van der Waals surface area contributed by atoms with E-state index in [0.717, 1.165) is 22.8 Å². The molecule has 0 saturated carbocycles. The van der Waals surface area contributed by atoms with Crippen molar-refractivity contribution in [1.82, 2.24) is 9.88 Å². The largest absolute Gasteiger partial charge is 0.379 e. The minimum atomic E-state index is -0.813. The Bertz CT molecular complexity index is 754. The standard InChI is InChI=1S/C18H20F2N2O2S/c1-11-21-13(10-25-11)7-24-18-6-22(17-9-23-8-14(17)18)5-12-2-3-15(19)16(20)4-12/h2-4,10,14,17-18H,5-9H2,1H3/t14-,17+,18+/m0/s1. The summed E-state index contributed by atoms with van der Waals surface area (Å²) >= 11 is 1.62. The van der Waals surface area contributed by atoms with Crippen LogP contribution in [0.15, 0.2) is 23.6 Å². The van der Waals surface area contributed by atoms with E-state index in [2.05, 4.69) is 9.88 Å². The van der Waals surface area contributed by atoms with Gasteiger partial charge in [-0.25, -0.2) is 13.8 Å². The minimum Gasteiger partial charge on any atom is -0.379 e. The Hall–Kier alpha value is -1.41. The van der Waals surface area contributed by atoms with Gasteiger partial charge >= 0.3 is 0 Å². The number of aryl methyl sites for hydroxylation is 1. The summed E-state index contributed by atoms with van der Waals surface area (Å²) in [5, 5.41) is 3.05. The van der Waals surface area contributed by atoms with Crippen molar-refractivity contribution in [3.63, 3.8) is 0 Å². The Kier molecular flexibility index (Phi) is 4.82. The molecule has 3 heterocycles. The second-order valence-electron chi connectivity index (χ2n) is 6.65. The van der Waals surface area contributed by atoms with Gasteiger partial charge in [0.05, 0.1) is 36.6 Å². The number of aromatic nitrogens is 1. The summed E-state index contributed by atoms with van der Waals surface area (Å²) in [5.41, 5.74) is 1.72. The van der Waals surface area contributed by atoms with Gasteiger partial charge in [-0.1, -0.05) is 6.07 Å². The fourth-order valence-electron chi connectivity index (χ4n) is 3.69. The van der Waals surface area contributed by atoms with Crippen molar-refractivity contribution >= 4 is 11.3 Å². The number of benzene rings is 1. The summed E-state index contributed by atoms with van der Waals surface area (Å²) in [5.74, 6) is -1.31. The second-order valence-corrected chi connectivity index (χ2v) is 7.72. The predicted molar refractivity (Wildman–Crippen MR) is 90.3 cm³/mol. The van der Waals surface area contributed by atoms with Gasteiger partial charge in [-0.3, -0.25) is 4.90 Å². The lowest BCUT2D eigenvalue weighted by atomic mass is 10.0. The van der Waals surface area contributed by atoms with E-state index in [0.29, 0.717) is 32.3 Å². The highest BCUT2D eigenvalue weighted by Gasteiger charge is 2.45. The molecule has 0 amide bonds. The van der Waals surface area contributed by atoms with Gasteiger partial charge in [0.1, 0.15) is 0 Å². The van der Waals surface area contributed by atoms with Gasteiger partial charge in [0.2, 0.25) is 0 Å². The molecule has 2 aromatic rings. The molecular formula is C18H20F2N2O2S. The number of ether oxygens (including phenoxy) is 2. The summed E-state index contributed by atoms with van der Waals surface area (Å²) in [4.78, 5) is 6.68. The van der Waals surface area contributed by atoms with E-state index in [9.17, 15) is 8.78 Å². The normalized spacial score (nSPS) is 26.3. The van der Waals surface area contributed by atoms with Gasteiger partial charge < -0.3 is 9.47 Å². The monoisotopic (exact) mass is 366 g/mol. The summed E-state index contributed by atoms with van der Waals surface area (Å²) in [6, 6.07) is 4.35. The van der Waals surface area contributed by atoms with Crippen molar-refractivity contribution in [3.8, 4) is 0 Å². The molecule has 0 aliphatic carbocycles. The zero-order valence-electron chi connectivity index (χ0n) is 14.0. The van der Waals surface area contributed by atoms with Gasteiger partial charge in [-0.05, 0) is 24.6 Å². The van der Waals surface area contributed by atoms with Crippen molar-refractivity contribution in [2.24, 2.45) is 5.92 Å². The molecule has 2 aliphatic heterocycles. The van der Waals surface area contributed by atoms with Gasteiger partial charge in [0.25, 0.3) is 0 Å². The molecule has 134 valence electrons. The average molecular weight is 366 g/mol. The van der Waals surface area contributed by atoms with Crippen LogP contribution in [0.2, 0.25) is 0 Å². The van der Waals surface area contributed by atoms with Crippen molar-refractivity contribution in [2.75, 3.05) is 19.8 Å². The van der Waals surface area contributed by atoms with Crippen molar-refractivity contribution in [2.45, 2.75) is 32.2 Å². The Labute approximate surface area is 149 Å². The highest BCUT2D eigenvalue weighted by Crippen LogP contribution is 2.33. The predicted octanol–water partition coefficient (Wildman–Crippen LogP) is 3.15. The van der Waals surface area contributed by atoms with Gasteiger partial charge in [0, 0.05) is 30.4 Å². The average Bonchev–Trinajstić information content (AvgIpc) is 3.28. The molecular weight excluding hydrogens is 346 g/mol. The molecule has 25 heavy (non-hydrogen) atoms. The fraction of sp³-hybridized carbons (Fsp3) is 0.500. The van der Waals surface area contributed by atoms with Crippen LogP contribution in [0.25, 0.3) is 0 Å². The van der Waals surface area contributed by atoms with Crippen LogP contribution in [0.1, 0.15) is 16.3 Å². The number of thiazole rings is 1. The Balaban J connectivity index is 1.42. The summed E-state index contributed by atoms with van der Waals surface area (Å²) < 4.78 is 38.3. The van der Waals surface area contributed by atoms with Crippen LogP contribution in [0, 0.1) is 24.5 Å². The lowest BCUT2D eigenvalue weighted by molar-refractivity contribution is 0.00755. The number of hydrogen-bond acceptors (Lipinski definition) is 5. The fourth-order valence-corrected chi connectivity index (χ4v) is 4.29. The summed E-state index contributed by atoms with van der Waals surface area (Å²) in [6.07, 6.45) is 0.0693. The molecule has 2 saturated heterocycles. The van der Waals surface area contributed by atoms with Crippen molar-refractivity contribution in [3.05, 3.63) is 51.5 Å². The van der Waals surface area contributed by atoms with E-state index in [1.165, 1.54) is 12.1 Å². The third kappa shape index (κ3) is 3.60. The molecule has 4 nitrogen and oxygen atoms in total. The van der Waals surface area contributed by atoms with Crippen LogP contribution in [0.5, 0.6) is 0 Å². The number of halogens is 2. The van der Waals surface area contributed by atoms with Crippen LogP contribution in [0.3, 0.4) is 0 Å². The third-order valence-corrected chi connectivity index (χ3v) is 5.76. The first-order chi connectivity index (χ1) is 12.1. The van der Waals surface area contributed by atoms with Gasteiger partial charge in [-0.2, -0.15) is 0 Å². The van der Waals surface area contributed by atoms with Crippen molar-refractivity contribution in [1.29, 1.82) is 0 Å². The highest BCUT2D eigenvalue weighted by atomic mass is 32.1. The minimum absolute atomic E-state index is 0.0693. The van der Waals surface area contributed by atoms with Crippen LogP contribution < -0.4 is 0 Å². The lowest BCUT2D eigenvalue weighted by Gasteiger charge is -2.22. The van der Waals surface area contributed by atoms with E-state index in [1.54, 1.807) is 17.4 Å². The smallest absolute Gasteiger partial charge is 0.159 e. The molecule has 7 heteroatoms. The van der Waals surface area contributed by atoms with Gasteiger partial charge in [-0.15, -0.1) is 11.3 Å². The molecule has 3 atom stereocenters. The number of hydrogen-bond donors (Lipinski definition) is 0. The highest BCUT2D eigenvalue weighted by molar-refractivity contribution is 7.09. The second kappa shape index (κ2) is 7.07. The topological polar surface area (TPSA) is 34.6 Å². The maximum Gasteiger partial charge on any atom is 0.159 e. The molecule has 1 aromatic carbocycles. The Morgan fingerprint density at radius 2 is 2.20 bits per heavy atom. The van der Waals surface area contributed by atoms with E-state index in [4.69, 9.17) is 9.47 Å². The van der Waals surface area contributed by atoms with Crippen LogP contribution >= 0.6 is 11.3 Å². The molecule has 0 spiro atoms. The van der Waals surface area contributed by atoms with Crippen molar-refractivity contribution < 1.29 is 18.3 Å². The Morgan fingerprint density at radius 1 is 1.32 bits per heavy atom. The Morgan fingerprint density at radius 3 is 2.96 bits per heavy atom. The number of fused-ring (bicyclic) bond motifs is 1. The zero-order chi connectivity index (χ0) is 17.4. The number of likely N-dealkylation sites (tertiary alicyclic amines) is 1. The molecule has 4 rings (SSSR count). The molecule has 2 aliphatic rings. The summed E-state index contributed by atoms with van der Waals surface area (Å²) in [6.45, 7) is 5.15. The maximum atomic E-state index is 13.5. The molecule has 1 aromatic heterocycles. The van der Waals surface area contributed by atoms with Crippen LogP contribution in [0.4, 0.5) is 8.78 Å². The van der Waals surface area contributed by atoms with E-state index < -0.39 is 11.6 Å². The third-order valence-electron chi connectivity index (χ3n) is 4.94. The summed E-state index contributed by atoms with van der Waals surface area (Å²) in [7, 11) is 0. The SMILES string of the molecule is Cc1nc(CO[C@@H]2CN(Cc3ccc(F)c(F)c3)[C@@H]3COC[C@@H]32)cs1. The first-order valence-corrected chi connectivity index (χ1v) is 9.26. The van der Waals surface area contributed by atoms with E-state index in [1.807, 2.05) is 12.3 Å².